The number of esters is 2. The topological polar surface area (TPSA) is 113 Å². The van der Waals surface area contributed by atoms with Crippen molar-refractivity contribution in [1.29, 1.82) is 0 Å². The summed E-state index contributed by atoms with van der Waals surface area (Å²) in [6.07, 6.45) is 8.44. The van der Waals surface area contributed by atoms with Gasteiger partial charge in [0.2, 0.25) is 0 Å². The summed E-state index contributed by atoms with van der Waals surface area (Å²) >= 11 is 0. The lowest BCUT2D eigenvalue weighted by Crippen LogP contribution is -2.64. The number of benzene rings is 1. The van der Waals surface area contributed by atoms with E-state index in [1.165, 1.54) is 25.0 Å². The minimum Gasteiger partial charge on any atom is -0.418 e. The average molecular weight is 567 g/mol. The van der Waals surface area contributed by atoms with E-state index in [0.717, 1.165) is 31.2 Å². The number of hydrogen-bond donors (Lipinski definition) is 3. The summed E-state index contributed by atoms with van der Waals surface area (Å²) in [5.74, 6) is -0.878. The summed E-state index contributed by atoms with van der Waals surface area (Å²) in [5.41, 5.74) is -0.313. The van der Waals surface area contributed by atoms with Crippen LogP contribution in [0.15, 0.2) is 48.1 Å². The normalized spacial score (nSPS) is 38.9. The molecule has 1 heterocycles. The molecule has 7 nitrogen and oxygen atoms in total. The molecule has 4 aliphatic rings. The molecule has 0 amide bonds. The quantitative estimate of drug-likeness (QED) is 0.308. The van der Waals surface area contributed by atoms with Gasteiger partial charge in [-0.05, 0) is 90.6 Å². The van der Waals surface area contributed by atoms with Crippen molar-refractivity contribution < 1.29 is 34.4 Å². The molecule has 3 fully saturated rings. The van der Waals surface area contributed by atoms with Crippen LogP contribution in [0.2, 0.25) is 0 Å². The van der Waals surface area contributed by atoms with Gasteiger partial charge in [0.15, 0.2) is 0 Å². The van der Waals surface area contributed by atoms with Gasteiger partial charge in [-0.15, -0.1) is 0 Å². The minimum absolute atomic E-state index is 0.115. The largest absolute Gasteiger partial charge is 0.418 e. The molecule has 7 heteroatoms. The van der Waals surface area contributed by atoms with Gasteiger partial charge in [-0.2, -0.15) is 0 Å². The van der Waals surface area contributed by atoms with Gasteiger partial charge < -0.3 is 24.8 Å². The molecular formula is C34H46O7. The van der Waals surface area contributed by atoms with Gasteiger partial charge >= 0.3 is 11.9 Å². The van der Waals surface area contributed by atoms with Gasteiger partial charge in [0.25, 0.3) is 6.29 Å². The second-order valence-corrected chi connectivity index (χ2v) is 14.2. The van der Waals surface area contributed by atoms with Crippen LogP contribution in [0.25, 0.3) is 6.08 Å². The molecule has 3 saturated carbocycles. The lowest BCUT2D eigenvalue weighted by Gasteiger charge is -2.68. The number of carbonyl (C=O) groups excluding carboxylic acids is 2. The Kier molecular flexibility index (Phi) is 8.03. The highest BCUT2D eigenvalue weighted by Crippen LogP contribution is 2.70. The lowest BCUT2D eigenvalue weighted by molar-refractivity contribution is -0.228. The Balaban J connectivity index is 1.36. The third-order valence-corrected chi connectivity index (χ3v) is 11.5. The predicted molar refractivity (Wildman–Crippen MR) is 155 cm³/mol. The highest BCUT2D eigenvalue weighted by molar-refractivity contribution is 5.89. The Hall–Kier alpha value is -2.48. The maximum absolute atomic E-state index is 12.6. The lowest BCUT2D eigenvalue weighted by atomic mass is 9.38. The second kappa shape index (κ2) is 11.0. The fourth-order valence-corrected chi connectivity index (χ4v) is 9.61. The zero-order chi connectivity index (χ0) is 29.6. The molecule has 224 valence electrons. The van der Waals surface area contributed by atoms with Crippen molar-refractivity contribution in [2.24, 2.45) is 34.0 Å². The highest BCUT2D eigenvalue weighted by atomic mass is 16.7. The maximum atomic E-state index is 12.6. The van der Waals surface area contributed by atoms with E-state index in [9.17, 15) is 24.9 Å². The Morgan fingerprint density at radius 1 is 1.05 bits per heavy atom. The van der Waals surface area contributed by atoms with Crippen molar-refractivity contribution in [3.63, 3.8) is 0 Å². The number of aliphatic hydroxyl groups is 3. The molecule has 0 bridgehead atoms. The number of fused-ring (bicyclic) bond motifs is 3. The zero-order valence-corrected chi connectivity index (χ0v) is 24.8. The number of carbonyl (C=O) groups is 2. The van der Waals surface area contributed by atoms with Crippen molar-refractivity contribution >= 4 is 18.0 Å². The smallest absolute Gasteiger partial charge is 0.334 e. The van der Waals surface area contributed by atoms with Crippen molar-refractivity contribution in [2.75, 3.05) is 6.61 Å². The summed E-state index contributed by atoms with van der Waals surface area (Å²) in [4.78, 5) is 24.8. The molecule has 1 aliphatic heterocycles. The van der Waals surface area contributed by atoms with Crippen LogP contribution in [0.5, 0.6) is 0 Å². The van der Waals surface area contributed by atoms with E-state index in [1.807, 2.05) is 30.3 Å². The number of cyclic esters (lactones) is 1. The van der Waals surface area contributed by atoms with Crippen molar-refractivity contribution in [3.8, 4) is 0 Å². The Bertz CT molecular complexity index is 1200. The molecule has 2 unspecified atom stereocenters. The Morgan fingerprint density at radius 2 is 1.76 bits per heavy atom. The van der Waals surface area contributed by atoms with Crippen molar-refractivity contribution in [3.05, 3.63) is 53.6 Å². The Labute approximate surface area is 243 Å². The summed E-state index contributed by atoms with van der Waals surface area (Å²) in [7, 11) is 0. The van der Waals surface area contributed by atoms with Crippen LogP contribution < -0.4 is 0 Å². The van der Waals surface area contributed by atoms with Gasteiger partial charge in [-0.1, -0.05) is 64.4 Å². The van der Waals surface area contributed by atoms with E-state index >= 15 is 0 Å². The second-order valence-electron chi connectivity index (χ2n) is 14.2. The first-order chi connectivity index (χ1) is 19.3. The van der Waals surface area contributed by atoms with Crippen LogP contribution in [0.1, 0.15) is 84.6 Å². The molecule has 0 saturated heterocycles. The first-order valence-corrected chi connectivity index (χ1v) is 15.2. The number of rotatable bonds is 7. The summed E-state index contributed by atoms with van der Waals surface area (Å²) in [6, 6.07) is 9.27. The fourth-order valence-electron chi connectivity index (χ4n) is 9.61. The van der Waals surface area contributed by atoms with E-state index in [2.05, 4.69) is 27.7 Å². The van der Waals surface area contributed by atoms with Gasteiger partial charge in [0, 0.05) is 17.7 Å². The standard InChI is InChI=1S/C34H46O7/c1-31(2)15-8-16-32(3)25(31)13-17-33(4)26(32)14-18-34(39,21-35)27(33)20-24(36)23-19-29(38)41-30(23)40-28(37)12-11-22-9-6-5-7-10-22/h5-7,9-12,19,24-27,30,35-36,39H,8,13-18,20-21H2,1-4H3/b12-11+/t24?,25-,26+,27+,30?,32-,33+,34+/m0/s1. The molecule has 5 rings (SSSR count). The van der Waals surface area contributed by atoms with E-state index < -0.39 is 42.5 Å². The SMILES string of the molecule is CC1(C)CCC[C@]2(C)[C@H]3CC[C@@](O)(CO)[C@H](CC(O)C4=CC(=O)OC4OC(=O)/C=C/c4ccccc4)[C@]3(C)CC[C@@H]12. The first-order valence-electron chi connectivity index (χ1n) is 15.2. The molecule has 1 aromatic carbocycles. The monoisotopic (exact) mass is 566 g/mol. The summed E-state index contributed by atoms with van der Waals surface area (Å²) in [5, 5.41) is 33.8. The molecule has 8 atom stereocenters. The summed E-state index contributed by atoms with van der Waals surface area (Å²) < 4.78 is 10.7. The van der Waals surface area contributed by atoms with Gasteiger partial charge in [-0.3, -0.25) is 0 Å². The molecule has 1 aromatic rings. The first kappa shape index (κ1) is 30.0. The van der Waals surface area contributed by atoms with Gasteiger partial charge in [0.05, 0.1) is 18.3 Å². The van der Waals surface area contributed by atoms with Crippen molar-refractivity contribution in [2.45, 2.75) is 97.1 Å². The van der Waals surface area contributed by atoms with Crippen LogP contribution >= 0.6 is 0 Å². The van der Waals surface area contributed by atoms with Crippen molar-refractivity contribution in [1.82, 2.24) is 0 Å². The predicted octanol–water partition coefficient (Wildman–Crippen LogP) is 5.19. The third-order valence-electron chi connectivity index (χ3n) is 11.5. The number of hydrogen-bond acceptors (Lipinski definition) is 7. The third kappa shape index (κ3) is 5.41. The van der Waals surface area contributed by atoms with Crippen LogP contribution in [0.4, 0.5) is 0 Å². The molecule has 0 aromatic heterocycles. The number of ether oxygens (including phenoxy) is 2. The van der Waals surface area contributed by atoms with E-state index in [1.54, 1.807) is 6.08 Å². The molecule has 3 aliphatic carbocycles. The van der Waals surface area contributed by atoms with E-state index in [-0.39, 0.29) is 28.2 Å². The summed E-state index contributed by atoms with van der Waals surface area (Å²) in [6.45, 7) is 9.06. The van der Waals surface area contributed by atoms with Crippen LogP contribution in [-0.2, 0) is 19.1 Å². The van der Waals surface area contributed by atoms with Crippen LogP contribution in [0.3, 0.4) is 0 Å². The molecule has 41 heavy (non-hydrogen) atoms. The van der Waals surface area contributed by atoms with Gasteiger partial charge in [0.1, 0.15) is 0 Å². The maximum Gasteiger partial charge on any atom is 0.334 e. The van der Waals surface area contributed by atoms with E-state index in [4.69, 9.17) is 9.47 Å². The minimum atomic E-state index is -1.35. The van der Waals surface area contributed by atoms with E-state index in [0.29, 0.717) is 18.3 Å². The molecule has 0 spiro atoms. The molecular weight excluding hydrogens is 520 g/mol. The van der Waals surface area contributed by atoms with Crippen LogP contribution in [0, 0.1) is 34.0 Å². The fraction of sp³-hybridized carbons (Fsp3) is 0.647. The average Bonchev–Trinajstić information content (AvgIpc) is 3.29. The highest BCUT2D eigenvalue weighted by Gasteiger charge is 2.65. The Morgan fingerprint density at radius 3 is 2.46 bits per heavy atom. The number of aliphatic hydroxyl groups excluding tert-OH is 2. The zero-order valence-electron chi connectivity index (χ0n) is 24.8. The van der Waals surface area contributed by atoms with Gasteiger partial charge in [-0.25, -0.2) is 9.59 Å². The van der Waals surface area contributed by atoms with Crippen LogP contribution in [-0.4, -0.2) is 51.9 Å². The molecule has 3 N–H and O–H groups in total. The molecule has 0 radical (unpaired) electrons.